The number of carbonyl (C=O) groups is 1. The third-order valence-corrected chi connectivity index (χ3v) is 8.01. The van der Waals surface area contributed by atoms with E-state index >= 15 is 0 Å². The van der Waals surface area contributed by atoms with Crippen LogP contribution in [0.5, 0.6) is 0 Å². The number of aryl methyl sites for hydroxylation is 1. The lowest BCUT2D eigenvalue weighted by Crippen LogP contribution is -2.43. The number of hydrogen-bond donors (Lipinski definition) is 3. The van der Waals surface area contributed by atoms with Gasteiger partial charge in [-0.1, -0.05) is 18.9 Å². The molecule has 1 unspecified atom stereocenters. The van der Waals surface area contributed by atoms with E-state index in [0.717, 1.165) is 90.1 Å². The van der Waals surface area contributed by atoms with Gasteiger partial charge in [0.15, 0.2) is 6.23 Å². The standard InChI is InChI=1S/C32H42N6O2/c1-6-7-24-14-22(5)36-32(40)27(24)18-35-31(39)26-15-25(16-28-30(26)21(4)19-38(28)20(2)3)23-8-9-34-29(17-23)37-12-10-33-11-13-37/h8-9,15-17,19-20,32-33,40H,6-7,10-14,18H2,1-5H3,(H,35,39). The highest BCUT2D eigenvalue weighted by Crippen LogP contribution is 2.34. The molecule has 40 heavy (non-hydrogen) atoms. The van der Waals surface area contributed by atoms with Crippen molar-refractivity contribution < 1.29 is 9.90 Å². The molecule has 0 bridgehead atoms. The molecule has 1 saturated heterocycles. The molecule has 2 aliphatic rings. The topological polar surface area (TPSA) is 94.8 Å². The molecule has 3 aromatic rings. The van der Waals surface area contributed by atoms with Gasteiger partial charge >= 0.3 is 0 Å². The molecule has 5 rings (SSSR count). The van der Waals surface area contributed by atoms with Gasteiger partial charge in [0.05, 0.1) is 0 Å². The number of pyridine rings is 1. The number of aliphatic hydroxyl groups excluding tert-OH is 1. The number of dihydropyridines is 1. The number of nitrogens with one attached hydrogen (secondary N) is 2. The second-order valence-corrected chi connectivity index (χ2v) is 11.3. The molecular formula is C32H42N6O2. The Morgan fingerprint density at radius 1 is 1.18 bits per heavy atom. The second-order valence-electron chi connectivity index (χ2n) is 11.3. The SMILES string of the molecule is CCCC1=C(CNC(=O)c2cc(-c3ccnc(N4CCNCC4)c3)cc3c2c(C)cn3C(C)C)C(O)N=C(C)C1. The quantitative estimate of drug-likeness (QED) is 0.348. The summed E-state index contributed by atoms with van der Waals surface area (Å²) in [5.74, 6) is 0.813. The molecular weight excluding hydrogens is 500 g/mol. The van der Waals surface area contributed by atoms with Crippen molar-refractivity contribution in [3.8, 4) is 11.1 Å². The molecule has 3 N–H and O–H groups in total. The van der Waals surface area contributed by atoms with Crippen molar-refractivity contribution in [2.24, 2.45) is 4.99 Å². The maximum Gasteiger partial charge on any atom is 0.252 e. The summed E-state index contributed by atoms with van der Waals surface area (Å²) in [5.41, 5.74) is 7.71. The van der Waals surface area contributed by atoms with Crippen molar-refractivity contribution in [1.82, 2.24) is 20.2 Å². The van der Waals surface area contributed by atoms with Gasteiger partial charge < -0.3 is 25.2 Å². The van der Waals surface area contributed by atoms with Crippen LogP contribution in [0.2, 0.25) is 0 Å². The molecule has 1 atom stereocenters. The summed E-state index contributed by atoms with van der Waals surface area (Å²) in [5, 5.41) is 18.2. The van der Waals surface area contributed by atoms with E-state index in [2.05, 4.69) is 76.1 Å². The molecule has 0 saturated carbocycles. The van der Waals surface area contributed by atoms with Crippen molar-refractivity contribution in [2.75, 3.05) is 37.6 Å². The summed E-state index contributed by atoms with van der Waals surface area (Å²) in [7, 11) is 0. The van der Waals surface area contributed by atoms with Crippen LogP contribution in [0, 0.1) is 6.92 Å². The first-order valence-electron chi connectivity index (χ1n) is 14.5. The fourth-order valence-corrected chi connectivity index (χ4v) is 6.00. The fraction of sp³-hybridized carbons (Fsp3) is 0.469. The highest BCUT2D eigenvalue weighted by Gasteiger charge is 2.23. The van der Waals surface area contributed by atoms with Gasteiger partial charge in [-0.3, -0.25) is 9.79 Å². The average Bonchev–Trinajstić information content (AvgIpc) is 3.29. The van der Waals surface area contributed by atoms with Crippen molar-refractivity contribution >= 4 is 28.3 Å². The van der Waals surface area contributed by atoms with E-state index in [1.165, 1.54) is 5.57 Å². The molecule has 4 heterocycles. The minimum absolute atomic E-state index is 0.144. The first-order chi connectivity index (χ1) is 19.3. The van der Waals surface area contributed by atoms with Crippen LogP contribution in [0.1, 0.15) is 68.9 Å². The maximum atomic E-state index is 13.9. The first-order valence-corrected chi connectivity index (χ1v) is 14.5. The number of hydrogen-bond acceptors (Lipinski definition) is 6. The molecule has 1 aromatic carbocycles. The number of aromatic nitrogens is 2. The molecule has 2 aromatic heterocycles. The Labute approximate surface area is 237 Å². The van der Waals surface area contributed by atoms with E-state index in [1.807, 2.05) is 25.3 Å². The van der Waals surface area contributed by atoms with Gasteiger partial charge in [0.1, 0.15) is 5.82 Å². The van der Waals surface area contributed by atoms with Gasteiger partial charge in [0.25, 0.3) is 5.91 Å². The number of piperazine rings is 1. The molecule has 0 radical (unpaired) electrons. The van der Waals surface area contributed by atoms with Crippen molar-refractivity contribution in [1.29, 1.82) is 0 Å². The summed E-state index contributed by atoms with van der Waals surface area (Å²) in [6.45, 7) is 14.5. The number of benzene rings is 1. The Morgan fingerprint density at radius 2 is 1.95 bits per heavy atom. The fourth-order valence-electron chi connectivity index (χ4n) is 6.00. The number of allylic oxidation sites excluding steroid dienone is 1. The van der Waals surface area contributed by atoms with Crippen LogP contribution in [0.3, 0.4) is 0 Å². The van der Waals surface area contributed by atoms with Crippen molar-refractivity contribution in [3.63, 3.8) is 0 Å². The molecule has 8 nitrogen and oxygen atoms in total. The van der Waals surface area contributed by atoms with Gasteiger partial charge in [-0.25, -0.2) is 4.98 Å². The van der Waals surface area contributed by atoms with Gasteiger partial charge in [-0.05, 0) is 80.6 Å². The summed E-state index contributed by atoms with van der Waals surface area (Å²) in [4.78, 5) is 25.2. The van der Waals surface area contributed by atoms with E-state index in [4.69, 9.17) is 0 Å². The lowest BCUT2D eigenvalue weighted by atomic mass is 9.94. The Hall–Kier alpha value is -3.49. The van der Waals surface area contributed by atoms with Crippen molar-refractivity contribution in [2.45, 2.75) is 66.2 Å². The van der Waals surface area contributed by atoms with Crippen molar-refractivity contribution in [3.05, 3.63) is 58.9 Å². The highest BCUT2D eigenvalue weighted by atomic mass is 16.3. The summed E-state index contributed by atoms with van der Waals surface area (Å²) >= 11 is 0. The van der Waals surface area contributed by atoms with Crippen LogP contribution in [-0.2, 0) is 0 Å². The second kappa shape index (κ2) is 11.9. The predicted octanol–water partition coefficient (Wildman–Crippen LogP) is 5.01. The van der Waals surface area contributed by atoms with E-state index < -0.39 is 6.23 Å². The lowest BCUT2D eigenvalue weighted by molar-refractivity contribution is 0.0955. The van der Waals surface area contributed by atoms with Gasteiger partial charge in [0, 0.05) is 79.8 Å². The van der Waals surface area contributed by atoms with Crippen LogP contribution in [-0.4, -0.2) is 65.2 Å². The zero-order valence-corrected chi connectivity index (χ0v) is 24.4. The Bertz CT molecular complexity index is 1460. The Morgan fingerprint density at radius 3 is 2.67 bits per heavy atom. The smallest absolute Gasteiger partial charge is 0.252 e. The summed E-state index contributed by atoms with van der Waals surface area (Å²) in [6, 6.07) is 8.60. The number of fused-ring (bicyclic) bond motifs is 1. The zero-order valence-electron chi connectivity index (χ0n) is 24.4. The van der Waals surface area contributed by atoms with Crippen LogP contribution >= 0.6 is 0 Å². The zero-order chi connectivity index (χ0) is 28.4. The molecule has 1 fully saturated rings. The largest absolute Gasteiger partial charge is 0.368 e. The van der Waals surface area contributed by atoms with Crippen LogP contribution in [0.15, 0.2) is 52.8 Å². The number of aliphatic hydroxyl groups is 1. The maximum absolute atomic E-state index is 13.9. The first kappa shape index (κ1) is 28.1. The minimum Gasteiger partial charge on any atom is -0.368 e. The van der Waals surface area contributed by atoms with Gasteiger partial charge in [-0.2, -0.15) is 0 Å². The van der Waals surface area contributed by atoms with Crippen LogP contribution in [0.4, 0.5) is 5.82 Å². The number of nitrogens with zero attached hydrogens (tertiary/aromatic N) is 4. The average molecular weight is 543 g/mol. The van der Waals surface area contributed by atoms with E-state index in [0.29, 0.717) is 5.56 Å². The van der Waals surface area contributed by atoms with Crippen LogP contribution in [0.25, 0.3) is 22.0 Å². The third kappa shape index (κ3) is 5.69. The van der Waals surface area contributed by atoms with Gasteiger partial charge in [-0.15, -0.1) is 0 Å². The van der Waals surface area contributed by atoms with E-state index in [-0.39, 0.29) is 18.5 Å². The molecule has 0 spiro atoms. The third-order valence-electron chi connectivity index (χ3n) is 8.01. The van der Waals surface area contributed by atoms with Gasteiger partial charge in [0.2, 0.25) is 0 Å². The minimum atomic E-state index is -0.897. The monoisotopic (exact) mass is 542 g/mol. The lowest BCUT2D eigenvalue weighted by Gasteiger charge is -2.28. The number of amides is 1. The number of anilines is 1. The molecule has 0 aliphatic carbocycles. The van der Waals surface area contributed by atoms with E-state index in [1.54, 1.807) is 0 Å². The number of rotatable bonds is 8. The predicted molar refractivity (Wildman–Crippen MR) is 163 cm³/mol. The summed E-state index contributed by atoms with van der Waals surface area (Å²) in [6.07, 6.45) is 5.73. The molecule has 1 amide bonds. The molecule has 2 aliphatic heterocycles. The van der Waals surface area contributed by atoms with E-state index in [9.17, 15) is 9.90 Å². The molecule has 8 heteroatoms. The number of carbonyl (C=O) groups excluding carboxylic acids is 1. The highest BCUT2D eigenvalue weighted by molar-refractivity contribution is 6.09. The Kier molecular flexibility index (Phi) is 8.38. The van der Waals surface area contributed by atoms with Crippen LogP contribution < -0.4 is 15.5 Å². The molecule has 212 valence electrons. The summed E-state index contributed by atoms with van der Waals surface area (Å²) < 4.78 is 2.24. The number of aliphatic imine (C=N–C) groups is 1. The Balaban J connectivity index is 1.53. The normalized spacial score (nSPS) is 18.0.